The predicted octanol–water partition coefficient (Wildman–Crippen LogP) is 3.53. The van der Waals surface area contributed by atoms with Crippen molar-refractivity contribution >= 4 is 18.4 Å². The Balaban J connectivity index is 2.01. The normalized spacial score (nSPS) is 11.3. The molecule has 7 heteroatoms. The van der Waals surface area contributed by atoms with E-state index in [1.165, 1.54) is 23.0 Å². The highest BCUT2D eigenvalue weighted by atomic mass is 32.1. The summed E-state index contributed by atoms with van der Waals surface area (Å²) >= 11 is 5.13. The van der Waals surface area contributed by atoms with Gasteiger partial charge >= 0.3 is 0 Å². The van der Waals surface area contributed by atoms with E-state index in [0.717, 1.165) is 5.76 Å². The van der Waals surface area contributed by atoms with Gasteiger partial charge in [-0.05, 0) is 43.4 Å². The number of aromatic amines is 1. The second-order valence-electron chi connectivity index (χ2n) is 4.37. The molecule has 1 N–H and O–H groups in total. The standard InChI is InChI=1S/C14H11FN4OS/c1-9-5-6-12(20-9)8-16-19-13(17-18-14(19)21)10-3-2-4-11(15)7-10/h2-8H,1H3,(H,18,21)/b16-8-. The lowest BCUT2D eigenvalue weighted by Gasteiger charge is -2.00. The van der Waals surface area contributed by atoms with E-state index >= 15 is 0 Å². The smallest absolute Gasteiger partial charge is 0.216 e. The molecule has 0 amide bonds. The predicted molar refractivity (Wildman–Crippen MR) is 79.2 cm³/mol. The van der Waals surface area contributed by atoms with Crippen LogP contribution in [0.2, 0.25) is 0 Å². The van der Waals surface area contributed by atoms with Crippen molar-refractivity contribution < 1.29 is 8.81 Å². The van der Waals surface area contributed by atoms with E-state index in [4.69, 9.17) is 16.6 Å². The molecule has 0 aliphatic heterocycles. The molecule has 21 heavy (non-hydrogen) atoms. The average Bonchev–Trinajstić information content (AvgIpc) is 3.03. The highest BCUT2D eigenvalue weighted by Gasteiger charge is 2.08. The molecule has 3 aromatic rings. The van der Waals surface area contributed by atoms with Gasteiger partial charge < -0.3 is 4.42 Å². The molecular weight excluding hydrogens is 291 g/mol. The summed E-state index contributed by atoms with van der Waals surface area (Å²) in [7, 11) is 0. The van der Waals surface area contributed by atoms with E-state index in [-0.39, 0.29) is 5.82 Å². The Bertz CT molecular complexity index is 862. The lowest BCUT2D eigenvalue weighted by Crippen LogP contribution is -1.95. The summed E-state index contributed by atoms with van der Waals surface area (Å²) in [6, 6.07) is 9.70. The lowest BCUT2D eigenvalue weighted by atomic mass is 10.2. The van der Waals surface area contributed by atoms with Crippen molar-refractivity contribution in [3.63, 3.8) is 0 Å². The summed E-state index contributed by atoms with van der Waals surface area (Å²) < 4.78 is 20.4. The molecule has 0 spiro atoms. The van der Waals surface area contributed by atoms with Crippen molar-refractivity contribution in [1.82, 2.24) is 14.9 Å². The molecule has 106 valence electrons. The fraction of sp³-hybridized carbons (Fsp3) is 0.0714. The van der Waals surface area contributed by atoms with Gasteiger partial charge in [-0.2, -0.15) is 14.9 Å². The number of hydrogen-bond acceptors (Lipinski definition) is 4. The number of benzene rings is 1. The third-order valence-corrected chi connectivity index (χ3v) is 3.06. The molecule has 5 nitrogen and oxygen atoms in total. The minimum Gasteiger partial charge on any atom is -0.460 e. The number of hydrogen-bond donors (Lipinski definition) is 1. The molecule has 0 fully saturated rings. The van der Waals surface area contributed by atoms with E-state index in [1.54, 1.807) is 18.2 Å². The summed E-state index contributed by atoms with van der Waals surface area (Å²) in [6.45, 7) is 1.85. The number of nitrogens with one attached hydrogen (secondary N) is 1. The molecule has 0 radical (unpaired) electrons. The summed E-state index contributed by atoms with van der Waals surface area (Å²) in [5.74, 6) is 1.47. The van der Waals surface area contributed by atoms with Crippen LogP contribution < -0.4 is 0 Å². The number of aryl methyl sites for hydroxylation is 1. The van der Waals surface area contributed by atoms with Gasteiger partial charge in [-0.1, -0.05) is 12.1 Å². The monoisotopic (exact) mass is 302 g/mol. The summed E-state index contributed by atoms with van der Waals surface area (Å²) in [6.07, 6.45) is 1.53. The third-order valence-electron chi connectivity index (χ3n) is 2.79. The van der Waals surface area contributed by atoms with Crippen molar-refractivity contribution in [1.29, 1.82) is 0 Å². The second-order valence-corrected chi connectivity index (χ2v) is 4.75. The van der Waals surface area contributed by atoms with E-state index in [0.29, 0.717) is 21.9 Å². The van der Waals surface area contributed by atoms with Crippen LogP contribution >= 0.6 is 12.2 Å². The third kappa shape index (κ3) is 2.82. The van der Waals surface area contributed by atoms with E-state index < -0.39 is 0 Å². The van der Waals surface area contributed by atoms with Crippen LogP contribution in [0.1, 0.15) is 11.5 Å². The first-order valence-electron chi connectivity index (χ1n) is 6.17. The zero-order valence-corrected chi connectivity index (χ0v) is 11.9. The van der Waals surface area contributed by atoms with Gasteiger partial charge in [0.1, 0.15) is 17.3 Å². The topological polar surface area (TPSA) is 59.1 Å². The Labute approximate surface area is 124 Å². The second kappa shape index (κ2) is 5.45. The first-order valence-corrected chi connectivity index (χ1v) is 6.58. The molecule has 0 aliphatic rings. The zero-order chi connectivity index (χ0) is 14.8. The van der Waals surface area contributed by atoms with Gasteiger partial charge in [0.2, 0.25) is 4.77 Å². The molecule has 3 rings (SSSR count). The van der Waals surface area contributed by atoms with Crippen LogP contribution in [-0.4, -0.2) is 21.1 Å². The van der Waals surface area contributed by atoms with Crippen LogP contribution in [0.4, 0.5) is 4.39 Å². The largest absolute Gasteiger partial charge is 0.460 e. The summed E-state index contributed by atoms with van der Waals surface area (Å²) in [5.41, 5.74) is 0.579. The SMILES string of the molecule is Cc1ccc(/C=N\n2c(-c3cccc(F)c3)n[nH]c2=S)o1. The fourth-order valence-electron chi connectivity index (χ4n) is 1.85. The highest BCUT2D eigenvalue weighted by Crippen LogP contribution is 2.18. The number of halogens is 1. The summed E-state index contributed by atoms with van der Waals surface area (Å²) in [4.78, 5) is 0. The maximum atomic E-state index is 13.3. The number of H-pyrrole nitrogens is 1. The van der Waals surface area contributed by atoms with Crippen molar-refractivity contribution in [3.8, 4) is 11.4 Å². The Morgan fingerprint density at radius 3 is 2.95 bits per heavy atom. The molecule has 2 heterocycles. The molecule has 0 saturated heterocycles. The molecule has 0 unspecified atom stereocenters. The number of aromatic nitrogens is 3. The van der Waals surface area contributed by atoms with Crippen molar-refractivity contribution in [2.24, 2.45) is 5.10 Å². The Morgan fingerprint density at radius 1 is 1.38 bits per heavy atom. The van der Waals surface area contributed by atoms with Gasteiger partial charge in [-0.3, -0.25) is 0 Å². The number of furan rings is 1. The maximum absolute atomic E-state index is 13.3. The van der Waals surface area contributed by atoms with Crippen LogP contribution in [0.5, 0.6) is 0 Å². The summed E-state index contributed by atoms with van der Waals surface area (Å²) in [5, 5.41) is 11.0. The van der Waals surface area contributed by atoms with Gasteiger partial charge in [0, 0.05) is 5.56 Å². The van der Waals surface area contributed by atoms with Crippen molar-refractivity contribution in [2.45, 2.75) is 6.92 Å². The Hall–Kier alpha value is -2.54. The quantitative estimate of drug-likeness (QED) is 0.595. The zero-order valence-electron chi connectivity index (χ0n) is 11.1. The Kier molecular flexibility index (Phi) is 3.49. The van der Waals surface area contributed by atoms with Crippen LogP contribution in [0.15, 0.2) is 45.9 Å². The van der Waals surface area contributed by atoms with E-state index in [1.807, 2.05) is 13.0 Å². The number of nitrogens with zero attached hydrogens (tertiary/aromatic N) is 3. The van der Waals surface area contributed by atoms with Crippen LogP contribution in [0.3, 0.4) is 0 Å². The van der Waals surface area contributed by atoms with Gasteiger partial charge in [0.15, 0.2) is 5.82 Å². The van der Waals surface area contributed by atoms with E-state index in [2.05, 4.69) is 15.3 Å². The fourth-order valence-corrected chi connectivity index (χ4v) is 2.03. The van der Waals surface area contributed by atoms with Gasteiger partial charge in [-0.25, -0.2) is 9.49 Å². The molecule has 0 aliphatic carbocycles. The number of rotatable bonds is 3. The van der Waals surface area contributed by atoms with Gasteiger partial charge in [0.05, 0.1) is 6.21 Å². The first-order chi connectivity index (χ1) is 10.1. The average molecular weight is 302 g/mol. The highest BCUT2D eigenvalue weighted by molar-refractivity contribution is 7.71. The molecule has 0 atom stereocenters. The molecule has 0 saturated carbocycles. The van der Waals surface area contributed by atoms with Crippen LogP contribution in [0.25, 0.3) is 11.4 Å². The molecule has 0 bridgehead atoms. The maximum Gasteiger partial charge on any atom is 0.216 e. The van der Waals surface area contributed by atoms with Crippen molar-refractivity contribution in [3.05, 3.63) is 58.5 Å². The van der Waals surface area contributed by atoms with Gasteiger partial charge in [-0.15, -0.1) is 0 Å². The van der Waals surface area contributed by atoms with Crippen LogP contribution in [-0.2, 0) is 0 Å². The molecule has 1 aromatic carbocycles. The minimum absolute atomic E-state index is 0.314. The van der Waals surface area contributed by atoms with Crippen LogP contribution in [0, 0.1) is 17.5 Å². The Morgan fingerprint density at radius 2 is 2.24 bits per heavy atom. The first kappa shape index (κ1) is 13.4. The van der Waals surface area contributed by atoms with Crippen molar-refractivity contribution in [2.75, 3.05) is 0 Å². The minimum atomic E-state index is -0.349. The van der Waals surface area contributed by atoms with Gasteiger partial charge in [0.25, 0.3) is 0 Å². The lowest BCUT2D eigenvalue weighted by molar-refractivity contribution is 0.527. The molecular formula is C14H11FN4OS. The molecule has 2 aromatic heterocycles. The van der Waals surface area contributed by atoms with E-state index in [9.17, 15) is 4.39 Å².